The molecule has 0 saturated carbocycles. The first-order valence-electron chi connectivity index (χ1n) is 5.75. The smallest absolute Gasteiger partial charge is 0.331 e. The lowest BCUT2D eigenvalue weighted by Gasteiger charge is -2.22. The fraction of sp³-hybridized carbons (Fsp3) is 0.417. The van der Waals surface area contributed by atoms with Crippen LogP contribution in [0.5, 0.6) is 0 Å². The minimum atomic E-state index is -1.31. The lowest BCUT2D eigenvalue weighted by molar-refractivity contribution is -0.147. The normalized spacial score (nSPS) is 22.8. The second kappa shape index (κ2) is 5.50. The van der Waals surface area contributed by atoms with Gasteiger partial charge in [0.05, 0.1) is 17.3 Å². The highest BCUT2D eigenvalue weighted by molar-refractivity contribution is 7.09. The van der Waals surface area contributed by atoms with Crippen molar-refractivity contribution in [2.45, 2.75) is 18.9 Å². The van der Waals surface area contributed by atoms with Crippen molar-refractivity contribution in [1.29, 1.82) is 0 Å². The lowest BCUT2D eigenvalue weighted by Crippen LogP contribution is -2.54. The third-order valence-corrected chi connectivity index (χ3v) is 3.63. The summed E-state index contributed by atoms with van der Waals surface area (Å²) in [6.45, 7) is 2.21. The number of carboxylic acids is 1. The molecule has 0 aliphatic carbocycles. The second-order valence-electron chi connectivity index (χ2n) is 4.30. The number of aromatic nitrogens is 1. The molecule has 0 radical (unpaired) electrons. The van der Waals surface area contributed by atoms with Gasteiger partial charge in [0.15, 0.2) is 5.54 Å². The van der Waals surface area contributed by atoms with Crippen LogP contribution in [0.4, 0.5) is 0 Å². The molecule has 2 heterocycles. The van der Waals surface area contributed by atoms with Crippen molar-refractivity contribution in [2.75, 3.05) is 13.2 Å². The first kappa shape index (κ1) is 13.7. The van der Waals surface area contributed by atoms with E-state index in [4.69, 9.17) is 4.74 Å². The summed E-state index contributed by atoms with van der Waals surface area (Å²) in [6.07, 6.45) is 3.12. The lowest BCUT2D eigenvalue weighted by atomic mass is 9.99. The molecule has 102 valence electrons. The quantitative estimate of drug-likeness (QED) is 0.798. The van der Waals surface area contributed by atoms with Gasteiger partial charge in [0.1, 0.15) is 0 Å². The van der Waals surface area contributed by atoms with Crippen LogP contribution in [0.3, 0.4) is 0 Å². The first-order chi connectivity index (χ1) is 9.02. The maximum Gasteiger partial charge on any atom is 0.331 e. The highest BCUT2D eigenvalue weighted by atomic mass is 32.1. The zero-order valence-electron chi connectivity index (χ0n) is 10.4. The van der Waals surface area contributed by atoms with E-state index in [9.17, 15) is 14.7 Å². The summed E-state index contributed by atoms with van der Waals surface area (Å²) in [7, 11) is 0. The monoisotopic (exact) mass is 282 g/mol. The van der Waals surface area contributed by atoms with Crippen LogP contribution >= 0.6 is 11.3 Å². The molecule has 2 N–H and O–H groups in total. The highest BCUT2D eigenvalue weighted by Crippen LogP contribution is 2.19. The number of hydrogen-bond donors (Lipinski definition) is 2. The molecule has 6 nitrogen and oxygen atoms in total. The zero-order valence-corrected chi connectivity index (χ0v) is 11.2. The maximum absolute atomic E-state index is 11.7. The maximum atomic E-state index is 11.7. The summed E-state index contributed by atoms with van der Waals surface area (Å²) < 4.78 is 5.06. The molecule has 7 heteroatoms. The number of nitrogens with one attached hydrogen (secondary N) is 1. The zero-order chi connectivity index (χ0) is 13.9. The van der Waals surface area contributed by atoms with Crippen LogP contribution in [0, 0.1) is 6.92 Å². The molecule has 1 atom stereocenters. The number of thiazole rings is 1. The fourth-order valence-electron chi connectivity index (χ4n) is 1.78. The average Bonchev–Trinajstić information content (AvgIpc) is 2.97. The van der Waals surface area contributed by atoms with E-state index in [0.717, 1.165) is 5.01 Å². The third kappa shape index (κ3) is 3.18. The standard InChI is InChI=1S/C12H14N2O4S/c1-8-13-9(6-19-8)2-3-10(15)14-12(11(16)17)4-5-18-7-12/h2-3,6H,4-5,7H2,1H3,(H,14,15)(H,16,17). The van der Waals surface area contributed by atoms with Crippen molar-refractivity contribution in [3.63, 3.8) is 0 Å². The molecule has 1 aromatic heterocycles. The van der Waals surface area contributed by atoms with Gasteiger partial charge in [-0.15, -0.1) is 11.3 Å². The minimum Gasteiger partial charge on any atom is -0.479 e. The summed E-state index contributed by atoms with van der Waals surface area (Å²) in [6, 6.07) is 0. The van der Waals surface area contributed by atoms with Crippen molar-refractivity contribution in [2.24, 2.45) is 0 Å². The number of ether oxygens (including phenoxy) is 1. The number of carbonyl (C=O) groups excluding carboxylic acids is 1. The van der Waals surface area contributed by atoms with Crippen molar-refractivity contribution in [3.8, 4) is 0 Å². The van der Waals surface area contributed by atoms with Crippen molar-refractivity contribution in [3.05, 3.63) is 22.2 Å². The van der Waals surface area contributed by atoms with Crippen LogP contribution in [0.25, 0.3) is 6.08 Å². The summed E-state index contributed by atoms with van der Waals surface area (Å²) in [5.74, 6) is -1.53. The van der Waals surface area contributed by atoms with Gasteiger partial charge in [-0.25, -0.2) is 9.78 Å². The Bertz CT molecular complexity index is 518. The van der Waals surface area contributed by atoms with E-state index >= 15 is 0 Å². The fourth-order valence-corrected chi connectivity index (χ4v) is 2.36. The van der Waals surface area contributed by atoms with Gasteiger partial charge in [-0.2, -0.15) is 0 Å². The summed E-state index contributed by atoms with van der Waals surface area (Å²) in [5, 5.41) is 14.4. The Labute approximate surface area is 114 Å². The van der Waals surface area contributed by atoms with E-state index in [1.54, 1.807) is 6.08 Å². The van der Waals surface area contributed by atoms with Crippen LogP contribution < -0.4 is 5.32 Å². The van der Waals surface area contributed by atoms with Crippen molar-refractivity contribution in [1.82, 2.24) is 10.3 Å². The van der Waals surface area contributed by atoms with Crippen LogP contribution in [0.2, 0.25) is 0 Å². The Balaban J connectivity index is 2.00. The van der Waals surface area contributed by atoms with Crippen molar-refractivity contribution < 1.29 is 19.4 Å². The van der Waals surface area contributed by atoms with E-state index in [0.29, 0.717) is 12.3 Å². The van der Waals surface area contributed by atoms with Crippen molar-refractivity contribution >= 4 is 29.3 Å². The van der Waals surface area contributed by atoms with Gasteiger partial charge in [-0.1, -0.05) is 0 Å². The molecule has 0 bridgehead atoms. The Morgan fingerprint density at radius 1 is 1.63 bits per heavy atom. The van der Waals surface area contributed by atoms with Gasteiger partial charge in [-0.3, -0.25) is 4.79 Å². The molecule has 1 unspecified atom stereocenters. The number of aryl methyl sites for hydroxylation is 1. The summed E-state index contributed by atoms with van der Waals surface area (Å²) in [5.41, 5.74) is -0.621. The number of rotatable bonds is 4. The van der Waals surface area contributed by atoms with Gasteiger partial charge < -0.3 is 15.2 Å². The third-order valence-electron chi connectivity index (χ3n) is 2.84. The van der Waals surface area contributed by atoms with E-state index in [1.165, 1.54) is 17.4 Å². The molecule has 0 spiro atoms. The number of amides is 1. The number of hydrogen-bond acceptors (Lipinski definition) is 5. The van der Waals surface area contributed by atoms with E-state index in [2.05, 4.69) is 10.3 Å². The van der Waals surface area contributed by atoms with Gasteiger partial charge in [0.2, 0.25) is 5.91 Å². The van der Waals surface area contributed by atoms with Crippen LogP contribution in [-0.4, -0.2) is 40.7 Å². The topological polar surface area (TPSA) is 88.5 Å². The predicted molar refractivity (Wildman–Crippen MR) is 69.8 cm³/mol. The number of carboxylic acid groups (broad SMARTS) is 1. The Morgan fingerprint density at radius 2 is 2.42 bits per heavy atom. The van der Waals surface area contributed by atoms with Crippen LogP contribution in [0.15, 0.2) is 11.5 Å². The first-order valence-corrected chi connectivity index (χ1v) is 6.63. The summed E-state index contributed by atoms with van der Waals surface area (Å²) >= 11 is 1.48. The van der Waals surface area contributed by atoms with E-state index in [1.807, 2.05) is 12.3 Å². The second-order valence-corrected chi connectivity index (χ2v) is 5.37. The van der Waals surface area contributed by atoms with Crippen LogP contribution in [-0.2, 0) is 14.3 Å². The minimum absolute atomic E-state index is 0.00226. The molecule has 2 rings (SSSR count). The Hall–Kier alpha value is -1.73. The van der Waals surface area contributed by atoms with Gasteiger partial charge in [-0.05, 0) is 13.0 Å². The molecule has 1 fully saturated rings. The molecule has 19 heavy (non-hydrogen) atoms. The predicted octanol–water partition coefficient (Wildman–Crippen LogP) is 0.825. The molecular formula is C12H14N2O4S. The number of carbonyl (C=O) groups is 2. The Kier molecular flexibility index (Phi) is 3.96. The molecule has 1 aliphatic rings. The molecule has 1 aromatic rings. The largest absolute Gasteiger partial charge is 0.479 e. The van der Waals surface area contributed by atoms with E-state index in [-0.39, 0.29) is 13.0 Å². The molecular weight excluding hydrogens is 268 g/mol. The molecule has 1 aliphatic heterocycles. The molecule has 1 saturated heterocycles. The SMILES string of the molecule is Cc1nc(C=CC(=O)NC2(C(=O)O)CCOC2)cs1. The van der Waals surface area contributed by atoms with E-state index < -0.39 is 17.4 Å². The highest BCUT2D eigenvalue weighted by Gasteiger charge is 2.43. The van der Waals surface area contributed by atoms with Crippen LogP contribution in [0.1, 0.15) is 17.1 Å². The van der Waals surface area contributed by atoms with Gasteiger partial charge in [0, 0.05) is 24.5 Å². The van der Waals surface area contributed by atoms with Gasteiger partial charge in [0.25, 0.3) is 0 Å². The molecule has 1 amide bonds. The number of nitrogens with zero attached hydrogens (tertiary/aromatic N) is 1. The Morgan fingerprint density at radius 3 is 2.95 bits per heavy atom. The summed E-state index contributed by atoms with van der Waals surface area (Å²) in [4.78, 5) is 27.1. The molecule has 0 aromatic carbocycles. The average molecular weight is 282 g/mol. The number of aliphatic carboxylic acids is 1. The van der Waals surface area contributed by atoms with Gasteiger partial charge >= 0.3 is 5.97 Å².